The summed E-state index contributed by atoms with van der Waals surface area (Å²) >= 11 is 0. The fourth-order valence-electron chi connectivity index (χ4n) is 0. The first-order valence-corrected chi connectivity index (χ1v) is 3.26. The van der Waals surface area contributed by atoms with Crippen LogP contribution in [0.25, 0.3) is 0 Å². The second kappa shape index (κ2) is 7.05. The van der Waals surface area contributed by atoms with E-state index in [0.29, 0.717) is 5.84 Å². The maximum atomic E-state index is 9.43. The van der Waals surface area contributed by atoms with Gasteiger partial charge in [0.05, 0.1) is 5.84 Å². The number of hydrogen-bond donors (Lipinski definition) is 1. The Morgan fingerprint density at radius 3 is 1.45 bits per heavy atom. The number of carbonyl (C=O) groups is 1. The van der Waals surface area contributed by atoms with Crippen molar-refractivity contribution in [2.24, 2.45) is 0 Å². The van der Waals surface area contributed by atoms with Crippen molar-refractivity contribution in [3.8, 4) is 0 Å². The molecule has 0 atom stereocenters. The van der Waals surface area contributed by atoms with Crippen LogP contribution in [0.15, 0.2) is 0 Å². The molecule has 0 fully saturated rings. The number of nitrogens with zero attached hydrogens (tertiary/aromatic N) is 2. The first-order chi connectivity index (χ1) is 4.91. The van der Waals surface area contributed by atoms with Crippen molar-refractivity contribution in [2.45, 2.75) is 6.92 Å². The zero-order chi connectivity index (χ0) is 9.44. The molecule has 0 aliphatic heterocycles. The number of amides is 1. The van der Waals surface area contributed by atoms with Crippen molar-refractivity contribution < 1.29 is 4.79 Å². The van der Waals surface area contributed by atoms with Gasteiger partial charge in [-0.1, -0.05) is 0 Å². The van der Waals surface area contributed by atoms with E-state index in [-0.39, 0.29) is 0 Å². The van der Waals surface area contributed by atoms with Crippen molar-refractivity contribution in [1.29, 1.82) is 5.41 Å². The molecule has 1 amide bonds. The molecule has 4 heteroatoms. The predicted octanol–water partition coefficient (Wildman–Crippen LogP) is 0.250. The van der Waals surface area contributed by atoms with Gasteiger partial charge in [-0.15, -0.1) is 0 Å². The van der Waals surface area contributed by atoms with Gasteiger partial charge in [0.25, 0.3) is 0 Å². The van der Waals surface area contributed by atoms with Crippen LogP contribution >= 0.6 is 0 Å². The van der Waals surface area contributed by atoms with Gasteiger partial charge in [-0.2, -0.15) is 0 Å². The summed E-state index contributed by atoms with van der Waals surface area (Å²) in [4.78, 5) is 12.6. The maximum absolute atomic E-state index is 9.43. The first kappa shape index (κ1) is 12.6. The highest BCUT2D eigenvalue weighted by Crippen LogP contribution is 1.70. The molecular weight excluding hydrogens is 142 g/mol. The Morgan fingerprint density at radius 1 is 1.27 bits per heavy atom. The van der Waals surface area contributed by atoms with Crippen LogP contribution in [-0.4, -0.2) is 50.2 Å². The Labute approximate surface area is 68.3 Å². The second-order valence-corrected chi connectivity index (χ2v) is 2.55. The number of amidine groups is 1. The highest BCUT2D eigenvalue weighted by atomic mass is 16.1. The molecule has 0 saturated carbocycles. The molecule has 4 nitrogen and oxygen atoms in total. The van der Waals surface area contributed by atoms with Crippen molar-refractivity contribution in [3.63, 3.8) is 0 Å². The summed E-state index contributed by atoms with van der Waals surface area (Å²) in [5, 5.41) is 6.88. The van der Waals surface area contributed by atoms with Gasteiger partial charge >= 0.3 is 0 Å². The molecule has 11 heavy (non-hydrogen) atoms. The Morgan fingerprint density at radius 2 is 1.45 bits per heavy atom. The molecule has 0 aromatic rings. The van der Waals surface area contributed by atoms with Crippen LogP contribution in [0.4, 0.5) is 0 Å². The summed E-state index contributed by atoms with van der Waals surface area (Å²) in [6.07, 6.45) is 0.750. The van der Waals surface area contributed by atoms with Crippen LogP contribution in [0, 0.1) is 5.41 Å². The smallest absolute Gasteiger partial charge is 0.209 e. The highest BCUT2D eigenvalue weighted by Gasteiger charge is 1.82. The molecule has 0 aromatic heterocycles. The third-order valence-corrected chi connectivity index (χ3v) is 0.882. The van der Waals surface area contributed by atoms with Crippen LogP contribution in [-0.2, 0) is 4.79 Å². The van der Waals surface area contributed by atoms with Gasteiger partial charge in [0, 0.05) is 28.2 Å². The maximum Gasteiger partial charge on any atom is 0.209 e. The van der Waals surface area contributed by atoms with E-state index in [1.807, 2.05) is 14.1 Å². The summed E-state index contributed by atoms with van der Waals surface area (Å²) in [5.41, 5.74) is 0. The SMILES string of the molecule is CC(=N)N(C)C.CN(C)C=O. The Balaban J connectivity index is 0. The molecule has 66 valence electrons. The van der Waals surface area contributed by atoms with Crippen LogP contribution in [0.3, 0.4) is 0 Å². The molecule has 0 rings (SSSR count). The van der Waals surface area contributed by atoms with Crippen LogP contribution in [0.2, 0.25) is 0 Å². The molecule has 0 aliphatic carbocycles. The van der Waals surface area contributed by atoms with Crippen molar-refractivity contribution in [1.82, 2.24) is 9.80 Å². The van der Waals surface area contributed by atoms with Crippen molar-refractivity contribution in [2.75, 3.05) is 28.2 Å². The van der Waals surface area contributed by atoms with Crippen molar-refractivity contribution >= 4 is 12.2 Å². The van der Waals surface area contributed by atoms with Gasteiger partial charge in [0.2, 0.25) is 6.41 Å². The minimum atomic E-state index is 0.593. The standard InChI is InChI=1S/C4H10N2.C3H7NO/c1-4(5)6(2)3;1-4(2)3-5/h5H,1-3H3;3H,1-2H3. The molecule has 0 bridgehead atoms. The average Bonchev–Trinajstić information content (AvgIpc) is 1.89. The molecule has 0 unspecified atom stereocenters. The fraction of sp³-hybridized carbons (Fsp3) is 0.714. The van der Waals surface area contributed by atoms with Gasteiger partial charge in [0.15, 0.2) is 0 Å². The molecule has 0 radical (unpaired) electrons. The third kappa shape index (κ3) is 17.6. The van der Waals surface area contributed by atoms with Gasteiger partial charge < -0.3 is 9.80 Å². The van der Waals surface area contributed by atoms with E-state index in [0.717, 1.165) is 6.41 Å². The highest BCUT2D eigenvalue weighted by molar-refractivity contribution is 5.75. The lowest BCUT2D eigenvalue weighted by Crippen LogP contribution is -2.16. The lowest BCUT2D eigenvalue weighted by Gasteiger charge is -2.06. The molecule has 1 N–H and O–H groups in total. The zero-order valence-electron chi connectivity index (χ0n) is 7.88. The third-order valence-electron chi connectivity index (χ3n) is 0.882. The topological polar surface area (TPSA) is 47.4 Å². The molecule has 0 aromatic carbocycles. The van der Waals surface area contributed by atoms with E-state index in [2.05, 4.69) is 0 Å². The summed E-state index contributed by atoms with van der Waals surface area (Å²) in [6.45, 7) is 1.75. The van der Waals surface area contributed by atoms with Gasteiger partial charge in [-0.25, -0.2) is 0 Å². The van der Waals surface area contributed by atoms with E-state index in [9.17, 15) is 4.79 Å². The largest absolute Gasteiger partial charge is 0.367 e. The molecule has 0 saturated heterocycles. The minimum absolute atomic E-state index is 0.593. The van der Waals surface area contributed by atoms with E-state index < -0.39 is 0 Å². The zero-order valence-corrected chi connectivity index (χ0v) is 7.88. The van der Waals surface area contributed by atoms with Crippen LogP contribution < -0.4 is 0 Å². The normalized spacial score (nSPS) is 7.36. The number of carbonyl (C=O) groups excluding carboxylic acids is 1. The van der Waals surface area contributed by atoms with Crippen molar-refractivity contribution in [3.05, 3.63) is 0 Å². The predicted molar refractivity (Wildman–Crippen MR) is 46.8 cm³/mol. The fourth-order valence-corrected chi connectivity index (χ4v) is 0. The van der Waals surface area contributed by atoms with E-state index in [1.165, 1.54) is 4.90 Å². The lowest BCUT2D eigenvalue weighted by molar-refractivity contribution is -0.115. The van der Waals surface area contributed by atoms with Gasteiger partial charge in [-0.05, 0) is 6.92 Å². The van der Waals surface area contributed by atoms with Crippen LogP contribution in [0.1, 0.15) is 6.92 Å². The summed E-state index contributed by atoms with van der Waals surface area (Å²) in [6, 6.07) is 0. The Hall–Kier alpha value is -1.06. The Kier molecular flexibility index (Phi) is 8.08. The van der Waals surface area contributed by atoms with E-state index >= 15 is 0 Å². The molecule has 0 spiro atoms. The van der Waals surface area contributed by atoms with E-state index in [1.54, 1.807) is 25.9 Å². The average molecular weight is 159 g/mol. The number of nitrogens with one attached hydrogen (secondary N) is 1. The lowest BCUT2D eigenvalue weighted by atomic mass is 10.6. The monoisotopic (exact) mass is 159 g/mol. The Bertz CT molecular complexity index is 121. The van der Waals surface area contributed by atoms with Crippen LogP contribution in [0.5, 0.6) is 0 Å². The first-order valence-electron chi connectivity index (χ1n) is 3.26. The quantitative estimate of drug-likeness (QED) is 0.339. The summed E-state index contributed by atoms with van der Waals surface area (Å²) in [7, 11) is 7.07. The molecular formula is C7H17N3O. The van der Waals surface area contributed by atoms with Gasteiger partial charge in [0.1, 0.15) is 0 Å². The minimum Gasteiger partial charge on any atom is -0.367 e. The molecule has 0 heterocycles. The summed E-state index contributed by atoms with van der Waals surface area (Å²) < 4.78 is 0. The molecule has 0 aliphatic rings. The van der Waals surface area contributed by atoms with E-state index in [4.69, 9.17) is 5.41 Å². The number of hydrogen-bond acceptors (Lipinski definition) is 2. The van der Waals surface area contributed by atoms with Gasteiger partial charge in [-0.3, -0.25) is 10.2 Å². The summed E-state index contributed by atoms with van der Waals surface area (Å²) in [5.74, 6) is 0.593. The number of rotatable bonds is 1. The second-order valence-electron chi connectivity index (χ2n) is 2.55.